The Hall–Kier alpha value is -3.17. The maximum absolute atomic E-state index is 14.3. The molecule has 2 aromatic carbocycles. The number of fused-ring (bicyclic) bond motifs is 1. The van der Waals surface area contributed by atoms with Crippen LogP contribution in [0.4, 0.5) is 20.6 Å². The van der Waals surface area contributed by atoms with Crippen molar-refractivity contribution in [1.29, 1.82) is 0 Å². The molecular weight excluding hydrogens is 439 g/mol. The third kappa shape index (κ3) is 5.00. The van der Waals surface area contributed by atoms with Crippen LogP contribution in [-0.2, 0) is 4.79 Å². The minimum Gasteiger partial charge on any atom is -0.497 e. The lowest BCUT2D eigenvalue weighted by molar-refractivity contribution is -0.117. The molecular formula is C25H31FN4O4. The summed E-state index contributed by atoms with van der Waals surface area (Å²) in [5.41, 5.74) is 8.15. The minimum atomic E-state index is -0.735. The second kappa shape index (κ2) is 9.99. The summed E-state index contributed by atoms with van der Waals surface area (Å²) in [4.78, 5) is 28.8. The van der Waals surface area contributed by atoms with Gasteiger partial charge in [0.1, 0.15) is 5.75 Å². The Kier molecular flexibility index (Phi) is 7.04. The average Bonchev–Trinajstić information content (AvgIpc) is 3.64. The quantitative estimate of drug-likeness (QED) is 0.644. The van der Waals surface area contributed by atoms with Crippen LogP contribution in [0.25, 0.3) is 0 Å². The molecule has 182 valence electrons. The molecule has 1 aliphatic carbocycles. The molecule has 2 atom stereocenters. The zero-order valence-corrected chi connectivity index (χ0v) is 19.7. The molecule has 8 nitrogen and oxygen atoms in total. The van der Waals surface area contributed by atoms with Crippen molar-refractivity contribution in [3.05, 3.63) is 47.8 Å². The summed E-state index contributed by atoms with van der Waals surface area (Å²) < 4.78 is 24.9. The van der Waals surface area contributed by atoms with Gasteiger partial charge in [-0.3, -0.25) is 9.69 Å². The van der Waals surface area contributed by atoms with Crippen molar-refractivity contribution >= 4 is 23.4 Å². The van der Waals surface area contributed by atoms with E-state index in [1.54, 1.807) is 4.90 Å². The molecule has 3 N–H and O–H groups in total. The normalized spacial score (nSPS) is 18.3. The Morgan fingerprint density at radius 2 is 1.97 bits per heavy atom. The number of nitrogens with zero attached hydrogens (tertiary/aromatic N) is 2. The van der Waals surface area contributed by atoms with Gasteiger partial charge in [0.15, 0.2) is 11.6 Å². The topological polar surface area (TPSA) is 97.1 Å². The number of methoxy groups -OCH3 is 1. The first-order valence-electron chi connectivity index (χ1n) is 11.5. The summed E-state index contributed by atoms with van der Waals surface area (Å²) >= 11 is 0. The smallest absolute Gasteiger partial charge is 0.419 e. The van der Waals surface area contributed by atoms with Crippen LogP contribution in [0.2, 0.25) is 0 Å². The second-order valence-electron chi connectivity index (χ2n) is 8.88. The molecule has 2 aliphatic rings. The standard InChI is InChI=1S/C25H31FN4O4/c1-15-14-29(25(32)34-24-11-20(33-3)7-8-21(24)26)23-10-17(4-9-22(23)30(15)16(2)31)18(12-27)13-28-19-5-6-19/h4,7-11,15,18-19,28H,5-6,12-14,27H2,1-3H3/t15-,18?/m0/s1. The maximum Gasteiger partial charge on any atom is 0.419 e. The summed E-state index contributed by atoms with van der Waals surface area (Å²) in [6.45, 7) is 4.72. The zero-order chi connectivity index (χ0) is 24.4. The van der Waals surface area contributed by atoms with E-state index < -0.39 is 11.9 Å². The Morgan fingerprint density at radius 3 is 2.62 bits per heavy atom. The first-order valence-corrected chi connectivity index (χ1v) is 11.5. The highest BCUT2D eigenvalue weighted by Crippen LogP contribution is 2.38. The van der Waals surface area contributed by atoms with Crippen LogP contribution in [0.15, 0.2) is 36.4 Å². The second-order valence-corrected chi connectivity index (χ2v) is 8.88. The molecule has 1 heterocycles. The van der Waals surface area contributed by atoms with Crippen molar-refractivity contribution in [2.24, 2.45) is 5.73 Å². The molecule has 0 saturated heterocycles. The number of halogens is 1. The van der Waals surface area contributed by atoms with Gasteiger partial charge in [-0.15, -0.1) is 0 Å². The number of carbonyl (C=O) groups excluding carboxylic acids is 2. The lowest BCUT2D eigenvalue weighted by Gasteiger charge is -2.40. The fourth-order valence-electron chi connectivity index (χ4n) is 4.32. The van der Waals surface area contributed by atoms with Crippen molar-refractivity contribution < 1.29 is 23.5 Å². The predicted octanol–water partition coefficient (Wildman–Crippen LogP) is 3.39. The number of carbonyl (C=O) groups is 2. The highest BCUT2D eigenvalue weighted by Gasteiger charge is 2.35. The van der Waals surface area contributed by atoms with E-state index in [-0.39, 0.29) is 30.2 Å². The van der Waals surface area contributed by atoms with E-state index in [9.17, 15) is 14.0 Å². The number of anilines is 2. The van der Waals surface area contributed by atoms with Crippen molar-refractivity contribution in [3.8, 4) is 11.5 Å². The molecule has 0 aromatic heterocycles. The molecule has 0 bridgehead atoms. The lowest BCUT2D eigenvalue weighted by Crippen LogP contribution is -2.52. The van der Waals surface area contributed by atoms with Gasteiger partial charge in [-0.1, -0.05) is 6.07 Å². The van der Waals surface area contributed by atoms with Crippen molar-refractivity contribution in [2.45, 2.75) is 44.7 Å². The van der Waals surface area contributed by atoms with Gasteiger partial charge in [0.25, 0.3) is 0 Å². The van der Waals surface area contributed by atoms with Crippen LogP contribution in [-0.4, -0.2) is 50.8 Å². The van der Waals surface area contributed by atoms with E-state index in [1.807, 2.05) is 25.1 Å². The van der Waals surface area contributed by atoms with Gasteiger partial charge in [0.2, 0.25) is 5.91 Å². The van der Waals surface area contributed by atoms with Crippen LogP contribution in [0.1, 0.15) is 38.2 Å². The predicted molar refractivity (Wildman–Crippen MR) is 128 cm³/mol. The third-order valence-electron chi connectivity index (χ3n) is 6.32. The fraction of sp³-hybridized carbons (Fsp3) is 0.440. The SMILES string of the molecule is COc1ccc(F)c(OC(=O)N2C[C@H](C)N(C(C)=O)c3ccc(C(CN)CNC4CC4)cc32)c1. The van der Waals surface area contributed by atoms with E-state index in [0.717, 1.165) is 12.1 Å². The number of rotatable bonds is 7. The van der Waals surface area contributed by atoms with E-state index >= 15 is 0 Å². The number of benzene rings is 2. The van der Waals surface area contributed by atoms with Crippen molar-refractivity contribution in [2.75, 3.05) is 36.5 Å². The molecule has 0 radical (unpaired) electrons. The van der Waals surface area contributed by atoms with Gasteiger partial charge in [-0.05, 0) is 49.6 Å². The van der Waals surface area contributed by atoms with Gasteiger partial charge >= 0.3 is 6.09 Å². The Balaban J connectivity index is 1.67. The average molecular weight is 471 g/mol. The molecule has 9 heteroatoms. The van der Waals surface area contributed by atoms with Crippen LogP contribution in [0.3, 0.4) is 0 Å². The van der Waals surface area contributed by atoms with Gasteiger partial charge in [-0.2, -0.15) is 0 Å². The highest BCUT2D eigenvalue weighted by molar-refractivity contribution is 6.02. The molecule has 1 aliphatic heterocycles. The van der Waals surface area contributed by atoms with Crippen LogP contribution in [0.5, 0.6) is 11.5 Å². The fourth-order valence-corrected chi connectivity index (χ4v) is 4.32. The summed E-state index contributed by atoms with van der Waals surface area (Å²) in [6.07, 6.45) is 1.61. The maximum atomic E-state index is 14.3. The lowest BCUT2D eigenvalue weighted by atomic mass is 9.96. The molecule has 1 unspecified atom stereocenters. The highest BCUT2D eigenvalue weighted by atomic mass is 19.1. The number of amides is 2. The third-order valence-corrected chi connectivity index (χ3v) is 6.32. The molecule has 0 spiro atoms. The Labute approximate surface area is 198 Å². The molecule has 2 aromatic rings. The van der Waals surface area contributed by atoms with Gasteiger partial charge < -0.3 is 25.4 Å². The molecule has 4 rings (SSSR count). The number of hydrogen-bond donors (Lipinski definition) is 2. The van der Waals surface area contributed by atoms with E-state index in [0.29, 0.717) is 29.7 Å². The first-order chi connectivity index (χ1) is 16.3. The van der Waals surface area contributed by atoms with Gasteiger partial charge in [0, 0.05) is 44.6 Å². The minimum absolute atomic E-state index is 0.0460. The Bertz CT molecular complexity index is 1070. The first kappa shape index (κ1) is 24.0. The van der Waals surface area contributed by atoms with E-state index in [4.69, 9.17) is 15.2 Å². The summed E-state index contributed by atoms with van der Waals surface area (Å²) in [5, 5.41) is 3.50. The number of nitrogens with one attached hydrogen (secondary N) is 1. The molecule has 1 saturated carbocycles. The van der Waals surface area contributed by atoms with Gasteiger partial charge in [0.05, 0.1) is 24.5 Å². The Morgan fingerprint density at radius 1 is 1.21 bits per heavy atom. The van der Waals surface area contributed by atoms with E-state index in [1.165, 1.54) is 50.0 Å². The van der Waals surface area contributed by atoms with Gasteiger partial charge in [-0.25, -0.2) is 9.18 Å². The molecule has 1 fully saturated rings. The zero-order valence-electron chi connectivity index (χ0n) is 19.7. The molecule has 2 amide bonds. The number of ether oxygens (including phenoxy) is 2. The number of nitrogens with two attached hydrogens (primary N) is 1. The largest absolute Gasteiger partial charge is 0.497 e. The van der Waals surface area contributed by atoms with Crippen molar-refractivity contribution in [3.63, 3.8) is 0 Å². The summed E-state index contributed by atoms with van der Waals surface area (Å²) in [7, 11) is 1.45. The molecule has 34 heavy (non-hydrogen) atoms. The monoisotopic (exact) mass is 470 g/mol. The van der Waals surface area contributed by atoms with Crippen LogP contribution < -0.4 is 30.3 Å². The van der Waals surface area contributed by atoms with Crippen LogP contribution >= 0.6 is 0 Å². The summed E-state index contributed by atoms with van der Waals surface area (Å²) in [6, 6.07) is 9.89. The van der Waals surface area contributed by atoms with Crippen molar-refractivity contribution in [1.82, 2.24) is 5.32 Å². The van der Waals surface area contributed by atoms with E-state index in [2.05, 4.69) is 5.32 Å². The number of hydrogen-bond acceptors (Lipinski definition) is 6. The summed E-state index contributed by atoms with van der Waals surface area (Å²) in [5.74, 6) is -0.607. The van der Waals surface area contributed by atoms with Crippen LogP contribution in [0, 0.1) is 5.82 Å².